The molecule has 0 unspecified atom stereocenters. The summed E-state index contributed by atoms with van der Waals surface area (Å²) in [6.45, 7) is 6.72. The van der Waals surface area contributed by atoms with Crippen LogP contribution in [0.25, 0.3) is 0 Å². The highest BCUT2D eigenvalue weighted by Crippen LogP contribution is 2.26. The lowest BCUT2D eigenvalue weighted by molar-refractivity contribution is 1.41. The standard InChI is InChI=1S/C12H10S.C4H6/c1-3-7-11(8-4-1)13-12-9-5-2-6-10-12;1-3-4-2/h1-10H;3-4H,1-2H2. The highest BCUT2D eigenvalue weighted by atomic mass is 32.2. The summed E-state index contributed by atoms with van der Waals surface area (Å²) in [6.07, 6.45) is 3.28. The van der Waals surface area contributed by atoms with Crippen molar-refractivity contribution < 1.29 is 0 Å². The Balaban J connectivity index is 0.000000317. The molecule has 0 N–H and O–H groups in total. The van der Waals surface area contributed by atoms with Crippen molar-refractivity contribution in [2.45, 2.75) is 9.79 Å². The molecule has 2 rings (SSSR count). The molecule has 0 atom stereocenters. The van der Waals surface area contributed by atoms with E-state index >= 15 is 0 Å². The van der Waals surface area contributed by atoms with Gasteiger partial charge in [-0.3, -0.25) is 0 Å². The molecule has 0 aromatic heterocycles. The molecular weight excluding hydrogens is 224 g/mol. The van der Waals surface area contributed by atoms with Crippen molar-refractivity contribution in [2.24, 2.45) is 0 Å². The maximum absolute atomic E-state index is 3.36. The van der Waals surface area contributed by atoms with E-state index in [0.29, 0.717) is 0 Å². The topological polar surface area (TPSA) is 0 Å². The first-order chi connectivity index (χ1) is 8.36. The highest BCUT2D eigenvalue weighted by Gasteiger charge is 1.93. The van der Waals surface area contributed by atoms with Crippen LogP contribution in [0.5, 0.6) is 0 Å². The van der Waals surface area contributed by atoms with Crippen LogP contribution in [-0.2, 0) is 0 Å². The van der Waals surface area contributed by atoms with E-state index in [1.165, 1.54) is 9.79 Å². The molecule has 2 aromatic carbocycles. The summed E-state index contributed by atoms with van der Waals surface area (Å²) in [7, 11) is 0. The van der Waals surface area contributed by atoms with Crippen LogP contribution < -0.4 is 0 Å². The smallest absolute Gasteiger partial charge is 0.0122 e. The average Bonchev–Trinajstić information content (AvgIpc) is 2.41. The minimum absolute atomic E-state index is 1.29. The van der Waals surface area contributed by atoms with E-state index < -0.39 is 0 Å². The zero-order valence-corrected chi connectivity index (χ0v) is 10.6. The van der Waals surface area contributed by atoms with E-state index in [1.54, 1.807) is 23.9 Å². The Morgan fingerprint density at radius 2 is 1.00 bits per heavy atom. The van der Waals surface area contributed by atoms with E-state index in [9.17, 15) is 0 Å². The quantitative estimate of drug-likeness (QED) is 0.665. The predicted octanol–water partition coefficient (Wildman–Crippen LogP) is 5.20. The normalized spacial score (nSPS) is 8.71. The summed E-state index contributed by atoms with van der Waals surface area (Å²) in [5.74, 6) is 0. The zero-order chi connectivity index (χ0) is 12.3. The van der Waals surface area contributed by atoms with Crippen LogP contribution in [0, 0.1) is 0 Å². The van der Waals surface area contributed by atoms with E-state index in [0.717, 1.165) is 0 Å². The second kappa shape index (κ2) is 8.43. The molecule has 0 fully saturated rings. The molecule has 0 saturated carbocycles. The molecule has 2 aromatic rings. The van der Waals surface area contributed by atoms with Gasteiger partial charge >= 0.3 is 0 Å². The largest absolute Gasteiger partial charge is 0.0991 e. The molecule has 0 heterocycles. The van der Waals surface area contributed by atoms with Crippen molar-refractivity contribution in [2.75, 3.05) is 0 Å². The SMILES string of the molecule is C=CC=C.c1ccc(Sc2ccccc2)cc1. The maximum Gasteiger partial charge on any atom is 0.0122 e. The summed E-state index contributed by atoms with van der Waals surface area (Å²) in [6, 6.07) is 20.8. The summed E-state index contributed by atoms with van der Waals surface area (Å²) in [5, 5.41) is 0. The zero-order valence-electron chi connectivity index (χ0n) is 9.75. The molecule has 0 spiro atoms. The molecular formula is C16H16S. The number of allylic oxidation sites excluding steroid dienone is 2. The van der Waals surface area contributed by atoms with Gasteiger partial charge in [0.2, 0.25) is 0 Å². The van der Waals surface area contributed by atoms with Gasteiger partial charge in [0.15, 0.2) is 0 Å². The molecule has 0 nitrogen and oxygen atoms in total. The van der Waals surface area contributed by atoms with Gasteiger partial charge < -0.3 is 0 Å². The third-order valence-corrected chi connectivity index (χ3v) is 2.90. The van der Waals surface area contributed by atoms with Gasteiger partial charge in [0.05, 0.1) is 0 Å². The minimum Gasteiger partial charge on any atom is -0.0991 e. The van der Waals surface area contributed by atoms with E-state index in [4.69, 9.17) is 0 Å². The van der Waals surface area contributed by atoms with Crippen LogP contribution in [0.15, 0.2) is 95.8 Å². The molecule has 17 heavy (non-hydrogen) atoms. The Kier molecular flexibility index (Phi) is 6.61. The molecule has 1 heteroatoms. The lowest BCUT2D eigenvalue weighted by atomic mass is 10.4. The first-order valence-corrected chi connectivity index (χ1v) is 6.20. The number of benzene rings is 2. The fourth-order valence-electron chi connectivity index (χ4n) is 1.11. The summed E-state index contributed by atoms with van der Waals surface area (Å²) in [5.41, 5.74) is 0. The molecule has 0 amide bonds. The second-order valence-electron chi connectivity index (χ2n) is 3.20. The molecule has 0 radical (unpaired) electrons. The first-order valence-electron chi connectivity index (χ1n) is 5.38. The van der Waals surface area contributed by atoms with Gasteiger partial charge in [-0.05, 0) is 24.3 Å². The number of hydrogen-bond acceptors (Lipinski definition) is 1. The van der Waals surface area contributed by atoms with E-state index in [-0.39, 0.29) is 0 Å². The lowest BCUT2D eigenvalue weighted by Crippen LogP contribution is -1.70. The highest BCUT2D eigenvalue weighted by molar-refractivity contribution is 7.99. The second-order valence-corrected chi connectivity index (χ2v) is 4.35. The van der Waals surface area contributed by atoms with Crippen LogP contribution in [-0.4, -0.2) is 0 Å². The van der Waals surface area contributed by atoms with Crippen LogP contribution in [0.3, 0.4) is 0 Å². The summed E-state index contributed by atoms with van der Waals surface area (Å²) < 4.78 is 0. The van der Waals surface area contributed by atoms with Crippen molar-refractivity contribution in [1.82, 2.24) is 0 Å². The monoisotopic (exact) mass is 240 g/mol. The molecule has 0 aliphatic rings. The molecule has 0 bridgehead atoms. The fourth-order valence-corrected chi connectivity index (χ4v) is 1.97. The van der Waals surface area contributed by atoms with Gasteiger partial charge in [-0.15, -0.1) is 0 Å². The third kappa shape index (κ3) is 5.79. The van der Waals surface area contributed by atoms with Crippen LogP contribution >= 0.6 is 11.8 Å². The maximum atomic E-state index is 3.36. The van der Waals surface area contributed by atoms with Crippen molar-refractivity contribution in [1.29, 1.82) is 0 Å². The molecule has 0 aliphatic carbocycles. The predicted molar refractivity (Wildman–Crippen MR) is 77.4 cm³/mol. The summed E-state index contributed by atoms with van der Waals surface area (Å²) in [4.78, 5) is 2.57. The van der Waals surface area contributed by atoms with Gasteiger partial charge in [0.25, 0.3) is 0 Å². The van der Waals surface area contributed by atoms with Gasteiger partial charge in [-0.25, -0.2) is 0 Å². The van der Waals surface area contributed by atoms with Gasteiger partial charge in [0, 0.05) is 9.79 Å². The van der Waals surface area contributed by atoms with Gasteiger partial charge in [-0.1, -0.05) is 73.5 Å². The van der Waals surface area contributed by atoms with Crippen LogP contribution in [0.4, 0.5) is 0 Å². The molecule has 0 saturated heterocycles. The first kappa shape index (κ1) is 13.3. The molecule has 86 valence electrons. The van der Waals surface area contributed by atoms with Crippen molar-refractivity contribution >= 4 is 11.8 Å². The minimum atomic E-state index is 1.29. The Hall–Kier alpha value is -1.73. The van der Waals surface area contributed by atoms with Gasteiger partial charge in [-0.2, -0.15) is 0 Å². The average molecular weight is 240 g/mol. The number of rotatable bonds is 3. The Morgan fingerprint density at radius 1 is 0.647 bits per heavy atom. The van der Waals surface area contributed by atoms with Crippen molar-refractivity contribution in [3.05, 3.63) is 86.0 Å². The van der Waals surface area contributed by atoms with Crippen molar-refractivity contribution in [3.63, 3.8) is 0 Å². The van der Waals surface area contributed by atoms with Gasteiger partial charge in [0.1, 0.15) is 0 Å². The van der Waals surface area contributed by atoms with Crippen LogP contribution in [0.2, 0.25) is 0 Å². The Morgan fingerprint density at radius 3 is 1.29 bits per heavy atom. The third-order valence-electron chi connectivity index (χ3n) is 1.89. The Bertz CT molecular complexity index is 388. The summed E-state index contributed by atoms with van der Waals surface area (Å²) >= 11 is 1.79. The van der Waals surface area contributed by atoms with Crippen molar-refractivity contribution in [3.8, 4) is 0 Å². The number of hydrogen-bond donors (Lipinski definition) is 0. The fraction of sp³-hybridized carbons (Fsp3) is 0. The van der Waals surface area contributed by atoms with E-state index in [1.807, 2.05) is 12.1 Å². The molecule has 0 aliphatic heterocycles. The van der Waals surface area contributed by atoms with Crippen LogP contribution in [0.1, 0.15) is 0 Å². The Labute approximate surface area is 108 Å². The lowest BCUT2D eigenvalue weighted by Gasteiger charge is -1.99. The van der Waals surface area contributed by atoms with E-state index in [2.05, 4.69) is 61.7 Å².